The van der Waals surface area contributed by atoms with Gasteiger partial charge in [0.1, 0.15) is 0 Å². The average Bonchev–Trinajstić information content (AvgIpc) is 2.64. The molecule has 1 heterocycles. The molecular formula is C10H13NO3. The van der Waals surface area contributed by atoms with E-state index in [1.165, 1.54) is 0 Å². The first kappa shape index (κ1) is 9.30. The molecule has 1 aliphatic heterocycles. The maximum Gasteiger partial charge on any atom is 0.231 e. The maximum absolute atomic E-state index is 8.81. The Balaban J connectivity index is 2.12. The fraction of sp³-hybridized carbons (Fsp3) is 0.400. The zero-order chi connectivity index (χ0) is 9.97. The summed E-state index contributed by atoms with van der Waals surface area (Å²) in [7, 11) is 0. The zero-order valence-corrected chi connectivity index (χ0v) is 7.77. The number of fused-ring (bicyclic) bond motifs is 1. The van der Waals surface area contributed by atoms with Gasteiger partial charge < -0.3 is 20.3 Å². The number of rotatable bonds is 3. The predicted octanol–water partition coefficient (Wildman–Crippen LogP) is 0.277. The average molecular weight is 195 g/mol. The Bertz CT molecular complexity index is 327. The monoisotopic (exact) mass is 195 g/mol. The molecule has 0 radical (unpaired) electrons. The van der Waals surface area contributed by atoms with Gasteiger partial charge in [-0.05, 0) is 24.1 Å². The van der Waals surface area contributed by atoms with Gasteiger partial charge in [-0.2, -0.15) is 0 Å². The van der Waals surface area contributed by atoms with Crippen molar-refractivity contribution in [3.63, 3.8) is 0 Å². The molecular weight excluding hydrogens is 182 g/mol. The van der Waals surface area contributed by atoms with Gasteiger partial charge in [-0.25, -0.2) is 0 Å². The van der Waals surface area contributed by atoms with E-state index in [2.05, 4.69) is 0 Å². The van der Waals surface area contributed by atoms with Crippen molar-refractivity contribution in [2.75, 3.05) is 13.4 Å². The molecule has 4 heteroatoms. The van der Waals surface area contributed by atoms with E-state index in [0.29, 0.717) is 6.42 Å². The van der Waals surface area contributed by atoms with Gasteiger partial charge in [-0.3, -0.25) is 0 Å². The second-order valence-corrected chi connectivity index (χ2v) is 3.33. The van der Waals surface area contributed by atoms with E-state index in [-0.39, 0.29) is 19.4 Å². The third-order valence-corrected chi connectivity index (χ3v) is 2.17. The molecule has 0 unspecified atom stereocenters. The van der Waals surface area contributed by atoms with Crippen molar-refractivity contribution in [1.82, 2.24) is 0 Å². The summed E-state index contributed by atoms with van der Waals surface area (Å²) >= 11 is 0. The summed E-state index contributed by atoms with van der Waals surface area (Å²) in [6, 6.07) is 5.48. The fourth-order valence-electron chi connectivity index (χ4n) is 1.44. The van der Waals surface area contributed by atoms with Crippen LogP contribution in [0.4, 0.5) is 0 Å². The first-order chi connectivity index (χ1) is 6.79. The lowest BCUT2D eigenvalue weighted by Crippen LogP contribution is -2.26. The molecule has 0 spiro atoms. The summed E-state index contributed by atoms with van der Waals surface area (Å²) in [5.41, 5.74) is 6.68. The van der Waals surface area contributed by atoms with E-state index in [1.807, 2.05) is 18.2 Å². The van der Waals surface area contributed by atoms with Crippen molar-refractivity contribution in [2.24, 2.45) is 5.73 Å². The molecule has 0 saturated carbocycles. The predicted molar refractivity (Wildman–Crippen MR) is 51.3 cm³/mol. The van der Waals surface area contributed by atoms with Crippen molar-refractivity contribution in [2.45, 2.75) is 12.5 Å². The highest BCUT2D eigenvalue weighted by Gasteiger charge is 2.13. The van der Waals surface area contributed by atoms with Crippen LogP contribution in [0.3, 0.4) is 0 Å². The summed E-state index contributed by atoms with van der Waals surface area (Å²) in [5.74, 6) is 1.53. The summed E-state index contributed by atoms with van der Waals surface area (Å²) in [6.07, 6.45) is 0.646. The Kier molecular flexibility index (Phi) is 2.56. The Morgan fingerprint density at radius 3 is 2.93 bits per heavy atom. The van der Waals surface area contributed by atoms with Gasteiger partial charge in [0.25, 0.3) is 0 Å². The largest absolute Gasteiger partial charge is 0.454 e. The second-order valence-electron chi connectivity index (χ2n) is 3.33. The molecule has 76 valence electrons. The van der Waals surface area contributed by atoms with Gasteiger partial charge in [0.2, 0.25) is 6.79 Å². The normalized spacial score (nSPS) is 15.6. The highest BCUT2D eigenvalue weighted by Crippen LogP contribution is 2.32. The molecule has 1 aromatic carbocycles. The van der Waals surface area contributed by atoms with Crippen LogP contribution < -0.4 is 15.2 Å². The third-order valence-electron chi connectivity index (χ3n) is 2.17. The van der Waals surface area contributed by atoms with E-state index >= 15 is 0 Å². The van der Waals surface area contributed by atoms with E-state index in [0.717, 1.165) is 17.1 Å². The van der Waals surface area contributed by atoms with Crippen molar-refractivity contribution < 1.29 is 14.6 Å². The van der Waals surface area contributed by atoms with Gasteiger partial charge >= 0.3 is 0 Å². The van der Waals surface area contributed by atoms with Gasteiger partial charge in [0, 0.05) is 6.04 Å². The number of aliphatic hydroxyl groups excluding tert-OH is 1. The minimum Gasteiger partial charge on any atom is -0.454 e. The van der Waals surface area contributed by atoms with Crippen molar-refractivity contribution in [3.05, 3.63) is 23.8 Å². The van der Waals surface area contributed by atoms with Crippen LogP contribution in [0.2, 0.25) is 0 Å². The van der Waals surface area contributed by atoms with Gasteiger partial charge in [-0.1, -0.05) is 6.07 Å². The quantitative estimate of drug-likeness (QED) is 0.727. The Hall–Kier alpha value is -1.26. The molecule has 0 amide bonds. The van der Waals surface area contributed by atoms with Crippen molar-refractivity contribution in [1.29, 1.82) is 0 Å². The molecule has 0 aromatic heterocycles. The van der Waals surface area contributed by atoms with Gasteiger partial charge in [-0.15, -0.1) is 0 Å². The minimum atomic E-state index is -0.213. The van der Waals surface area contributed by atoms with Crippen LogP contribution >= 0.6 is 0 Å². The second kappa shape index (κ2) is 3.86. The Morgan fingerprint density at radius 1 is 1.36 bits per heavy atom. The zero-order valence-electron chi connectivity index (χ0n) is 7.77. The molecule has 4 nitrogen and oxygen atoms in total. The van der Waals surface area contributed by atoms with Crippen LogP contribution in [0.15, 0.2) is 18.2 Å². The lowest BCUT2D eigenvalue weighted by atomic mass is 10.1. The van der Waals surface area contributed by atoms with Gasteiger partial charge in [0.15, 0.2) is 11.5 Å². The standard InChI is InChI=1S/C10H13NO3/c11-8(5-12)3-7-1-2-9-10(4-7)14-6-13-9/h1-2,4,8,12H,3,5-6,11H2/t8-/m0/s1. The minimum absolute atomic E-state index is 0.00551. The molecule has 3 N–H and O–H groups in total. The number of hydrogen-bond donors (Lipinski definition) is 2. The molecule has 14 heavy (non-hydrogen) atoms. The highest BCUT2D eigenvalue weighted by atomic mass is 16.7. The van der Waals surface area contributed by atoms with Crippen molar-refractivity contribution in [3.8, 4) is 11.5 Å². The van der Waals surface area contributed by atoms with Crippen molar-refractivity contribution >= 4 is 0 Å². The van der Waals surface area contributed by atoms with E-state index in [1.54, 1.807) is 0 Å². The summed E-state index contributed by atoms with van der Waals surface area (Å²) in [4.78, 5) is 0. The van der Waals surface area contributed by atoms with Crippen LogP contribution in [-0.4, -0.2) is 24.5 Å². The number of aliphatic hydroxyl groups is 1. The first-order valence-electron chi connectivity index (χ1n) is 4.54. The first-order valence-corrected chi connectivity index (χ1v) is 4.54. The number of hydrogen-bond acceptors (Lipinski definition) is 4. The summed E-state index contributed by atoms with van der Waals surface area (Å²) in [6.45, 7) is 0.277. The lowest BCUT2D eigenvalue weighted by molar-refractivity contribution is 0.174. The maximum atomic E-state index is 8.81. The molecule has 0 aliphatic carbocycles. The number of ether oxygens (including phenoxy) is 2. The summed E-state index contributed by atoms with van der Waals surface area (Å²) in [5, 5.41) is 8.81. The van der Waals surface area contributed by atoms with Crippen LogP contribution in [0.5, 0.6) is 11.5 Å². The highest BCUT2D eigenvalue weighted by molar-refractivity contribution is 5.44. The Labute approximate surface area is 82.2 Å². The van der Waals surface area contributed by atoms with Gasteiger partial charge in [0.05, 0.1) is 6.61 Å². The van der Waals surface area contributed by atoms with E-state index in [4.69, 9.17) is 20.3 Å². The number of nitrogens with two attached hydrogens (primary N) is 1. The Morgan fingerprint density at radius 2 is 2.14 bits per heavy atom. The molecule has 0 fully saturated rings. The smallest absolute Gasteiger partial charge is 0.231 e. The van der Waals surface area contributed by atoms with Crippen LogP contribution in [-0.2, 0) is 6.42 Å². The van der Waals surface area contributed by atoms with Crippen LogP contribution in [0.1, 0.15) is 5.56 Å². The lowest BCUT2D eigenvalue weighted by Gasteiger charge is -2.08. The molecule has 1 aromatic rings. The third kappa shape index (κ3) is 1.81. The van der Waals surface area contributed by atoms with E-state index in [9.17, 15) is 0 Å². The molecule has 0 saturated heterocycles. The molecule has 1 aliphatic rings. The van der Waals surface area contributed by atoms with Crippen LogP contribution in [0.25, 0.3) is 0 Å². The van der Waals surface area contributed by atoms with E-state index < -0.39 is 0 Å². The molecule has 0 bridgehead atoms. The summed E-state index contributed by atoms with van der Waals surface area (Å²) < 4.78 is 10.4. The SMILES string of the molecule is N[C@H](CO)Cc1ccc2c(c1)OCO2. The molecule has 2 rings (SSSR count). The van der Waals surface area contributed by atoms with Crippen LogP contribution in [0, 0.1) is 0 Å². The number of benzene rings is 1. The molecule has 1 atom stereocenters. The topological polar surface area (TPSA) is 64.7 Å². The fourth-order valence-corrected chi connectivity index (χ4v) is 1.44.